The van der Waals surface area contributed by atoms with Gasteiger partial charge in [-0.25, -0.2) is 21.6 Å². The molecule has 0 bridgehead atoms. The molecule has 0 spiro atoms. The maximum Gasteiger partial charge on any atom is 0.181 e. The highest BCUT2D eigenvalue weighted by molar-refractivity contribution is 7.90. The third kappa shape index (κ3) is 1.82. The molecular weight excluding hydrogens is 205 g/mol. The molecule has 0 unspecified atom stereocenters. The van der Waals surface area contributed by atoms with Gasteiger partial charge in [-0.15, -0.1) is 0 Å². The van der Waals surface area contributed by atoms with Crippen LogP contribution in [-0.4, -0.2) is 14.7 Å². The Labute approximate surface area is 72.9 Å². The van der Waals surface area contributed by atoms with Gasteiger partial charge in [0.2, 0.25) is 0 Å². The van der Waals surface area contributed by atoms with Gasteiger partial charge in [0.15, 0.2) is 21.5 Å². The monoisotopic (exact) mass is 210 g/mol. The third-order valence-electron chi connectivity index (χ3n) is 1.37. The largest absolute Gasteiger partial charge is 0.224 e. The molecular formula is C7H5F3O2S. The summed E-state index contributed by atoms with van der Waals surface area (Å²) in [5.41, 5.74) is 0. The second-order valence-corrected chi connectivity index (χ2v) is 4.40. The molecule has 2 nitrogen and oxygen atoms in total. The lowest BCUT2D eigenvalue weighted by atomic mass is 10.3. The zero-order chi connectivity index (χ0) is 10.2. The Bertz CT molecular complexity index is 439. The number of hydrogen-bond acceptors (Lipinski definition) is 2. The summed E-state index contributed by atoms with van der Waals surface area (Å²) in [6.07, 6.45) is 0.605. The van der Waals surface area contributed by atoms with Crippen LogP contribution in [0.15, 0.2) is 17.0 Å². The van der Waals surface area contributed by atoms with Crippen molar-refractivity contribution in [2.24, 2.45) is 0 Å². The Morgan fingerprint density at radius 2 is 1.54 bits per heavy atom. The SMILES string of the molecule is CS(=O)(=O)c1c(F)ccc(F)c1F. The van der Waals surface area contributed by atoms with E-state index in [4.69, 9.17) is 0 Å². The molecule has 0 saturated heterocycles. The molecule has 0 N–H and O–H groups in total. The number of benzene rings is 1. The highest BCUT2D eigenvalue weighted by Gasteiger charge is 2.22. The van der Waals surface area contributed by atoms with Gasteiger partial charge >= 0.3 is 0 Å². The third-order valence-corrected chi connectivity index (χ3v) is 2.49. The predicted octanol–water partition coefficient (Wildman–Crippen LogP) is 1.51. The van der Waals surface area contributed by atoms with E-state index in [0.29, 0.717) is 18.4 Å². The molecule has 0 aliphatic carbocycles. The first-order valence-corrected chi connectivity index (χ1v) is 5.06. The van der Waals surface area contributed by atoms with Crippen molar-refractivity contribution in [1.82, 2.24) is 0 Å². The van der Waals surface area contributed by atoms with Gasteiger partial charge in [-0.2, -0.15) is 0 Å². The van der Waals surface area contributed by atoms with Crippen LogP contribution in [0, 0.1) is 17.5 Å². The summed E-state index contributed by atoms with van der Waals surface area (Å²) in [7, 11) is -4.08. The van der Waals surface area contributed by atoms with Gasteiger partial charge < -0.3 is 0 Å². The fraction of sp³-hybridized carbons (Fsp3) is 0.143. The molecule has 0 atom stereocenters. The van der Waals surface area contributed by atoms with Crippen molar-refractivity contribution >= 4 is 9.84 Å². The average Bonchev–Trinajstić information content (AvgIpc) is 1.95. The number of sulfone groups is 1. The van der Waals surface area contributed by atoms with E-state index in [2.05, 4.69) is 0 Å². The first-order chi connectivity index (χ1) is 5.84. The normalized spacial score (nSPS) is 11.7. The van der Waals surface area contributed by atoms with E-state index >= 15 is 0 Å². The average molecular weight is 210 g/mol. The zero-order valence-corrected chi connectivity index (χ0v) is 7.33. The predicted molar refractivity (Wildman–Crippen MR) is 39.4 cm³/mol. The standard InChI is InChI=1S/C7H5F3O2S/c1-13(11,12)7-5(9)3-2-4(8)6(7)10/h2-3H,1H3. The van der Waals surface area contributed by atoms with E-state index in [1.54, 1.807) is 0 Å². The molecule has 0 radical (unpaired) electrons. The summed E-state index contributed by atoms with van der Waals surface area (Å²) in [4.78, 5) is -1.23. The summed E-state index contributed by atoms with van der Waals surface area (Å²) in [5.74, 6) is -4.36. The Hall–Kier alpha value is -1.04. The maximum atomic E-state index is 12.8. The Balaban J connectivity index is 3.62. The lowest BCUT2D eigenvalue weighted by Crippen LogP contribution is -2.06. The summed E-state index contributed by atoms with van der Waals surface area (Å²) in [6, 6.07) is 1.09. The van der Waals surface area contributed by atoms with E-state index in [0.717, 1.165) is 0 Å². The van der Waals surface area contributed by atoms with E-state index < -0.39 is 32.2 Å². The van der Waals surface area contributed by atoms with Crippen molar-refractivity contribution in [3.63, 3.8) is 0 Å². The van der Waals surface area contributed by atoms with Crippen LogP contribution >= 0.6 is 0 Å². The topological polar surface area (TPSA) is 34.1 Å². The van der Waals surface area contributed by atoms with Crippen molar-refractivity contribution in [1.29, 1.82) is 0 Å². The Kier molecular flexibility index (Phi) is 2.34. The summed E-state index contributed by atoms with van der Waals surface area (Å²) in [5, 5.41) is 0. The van der Waals surface area contributed by atoms with Gasteiger partial charge in [0.05, 0.1) is 0 Å². The molecule has 1 aromatic rings. The van der Waals surface area contributed by atoms with Gasteiger partial charge in [0.1, 0.15) is 10.7 Å². The molecule has 0 aliphatic rings. The lowest BCUT2D eigenvalue weighted by Gasteiger charge is -2.02. The number of rotatable bonds is 1. The summed E-state index contributed by atoms with van der Waals surface area (Å²) < 4.78 is 59.5. The van der Waals surface area contributed by atoms with E-state index in [9.17, 15) is 21.6 Å². The summed E-state index contributed by atoms with van der Waals surface area (Å²) in [6.45, 7) is 0. The molecule has 0 aromatic heterocycles. The number of halogens is 3. The molecule has 0 aliphatic heterocycles. The summed E-state index contributed by atoms with van der Waals surface area (Å²) >= 11 is 0. The zero-order valence-electron chi connectivity index (χ0n) is 6.51. The maximum absolute atomic E-state index is 12.8. The molecule has 0 heterocycles. The van der Waals surface area contributed by atoms with Crippen LogP contribution in [0.4, 0.5) is 13.2 Å². The first kappa shape index (κ1) is 10.0. The second-order valence-electron chi connectivity index (χ2n) is 2.44. The van der Waals surface area contributed by atoms with Gasteiger partial charge in [0.25, 0.3) is 0 Å². The van der Waals surface area contributed by atoms with Crippen LogP contribution in [0.1, 0.15) is 0 Å². The van der Waals surface area contributed by atoms with Crippen LogP contribution in [-0.2, 0) is 9.84 Å². The van der Waals surface area contributed by atoms with Gasteiger partial charge in [0, 0.05) is 6.26 Å². The van der Waals surface area contributed by atoms with Gasteiger partial charge in [-0.1, -0.05) is 0 Å². The van der Waals surface area contributed by atoms with Gasteiger partial charge in [-0.3, -0.25) is 0 Å². The quantitative estimate of drug-likeness (QED) is 0.658. The molecule has 72 valence electrons. The minimum atomic E-state index is -4.08. The van der Waals surface area contributed by atoms with Crippen molar-refractivity contribution < 1.29 is 21.6 Å². The first-order valence-electron chi connectivity index (χ1n) is 3.17. The Morgan fingerprint density at radius 3 is 1.92 bits per heavy atom. The van der Waals surface area contributed by atoms with Crippen LogP contribution in [0.25, 0.3) is 0 Å². The van der Waals surface area contributed by atoms with Crippen LogP contribution in [0.3, 0.4) is 0 Å². The molecule has 0 fully saturated rings. The van der Waals surface area contributed by atoms with Crippen molar-refractivity contribution in [2.75, 3.05) is 6.26 Å². The minimum absolute atomic E-state index is 0.527. The molecule has 0 saturated carbocycles. The highest BCUT2D eigenvalue weighted by Crippen LogP contribution is 2.20. The minimum Gasteiger partial charge on any atom is -0.224 e. The molecule has 1 aromatic carbocycles. The fourth-order valence-corrected chi connectivity index (χ4v) is 1.69. The highest BCUT2D eigenvalue weighted by atomic mass is 32.2. The van der Waals surface area contributed by atoms with Crippen molar-refractivity contribution in [3.8, 4) is 0 Å². The Morgan fingerprint density at radius 1 is 1.08 bits per heavy atom. The van der Waals surface area contributed by atoms with Crippen molar-refractivity contribution in [2.45, 2.75) is 4.90 Å². The van der Waals surface area contributed by atoms with Crippen LogP contribution < -0.4 is 0 Å². The van der Waals surface area contributed by atoms with Crippen molar-refractivity contribution in [3.05, 3.63) is 29.6 Å². The number of hydrogen-bond donors (Lipinski definition) is 0. The molecule has 6 heteroatoms. The smallest absolute Gasteiger partial charge is 0.181 e. The lowest BCUT2D eigenvalue weighted by molar-refractivity contribution is 0.459. The molecule has 0 amide bonds. The molecule has 1 rings (SSSR count). The van der Waals surface area contributed by atoms with E-state index in [-0.39, 0.29) is 0 Å². The second kappa shape index (κ2) is 3.02. The van der Waals surface area contributed by atoms with E-state index in [1.807, 2.05) is 0 Å². The van der Waals surface area contributed by atoms with Crippen LogP contribution in [0.5, 0.6) is 0 Å². The molecule has 13 heavy (non-hydrogen) atoms. The van der Waals surface area contributed by atoms with E-state index in [1.165, 1.54) is 0 Å². The fourth-order valence-electron chi connectivity index (χ4n) is 0.848. The van der Waals surface area contributed by atoms with Gasteiger partial charge in [-0.05, 0) is 12.1 Å². The van der Waals surface area contributed by atoms with Crippen LogP contribution in [0.2, 0.25) is 0 Å².